The van der Waals surface area contributed by atoms with Crippen LogP contribution in [0.1, 0.15) is 18.9 Å². The van der Waals surface area contributed by atoms with E-state index >= 15 is 0 Å². The molecule has 2 N–H and O–H groups in total. The van der Waals surface area contributed by atoms with Gasteiger partial charge >= 0.3 is 0 Å². The van der Waals surface area contributed by atoms with E-state index in [1.54, 1.807) is 6.20 Å². The quantitative estimate of drug-likeness (QED) is 0.891. The number of likely N-dealkylation sites (tertiary alicyclic amines) is 1. The number of rotatable bonds is 2. The fourth-order valence-electron chi connectivity index (χ4n) is 2.71. The molecule has 1 fully saturated rings. The van der Waals surface area contributed by atoms with Crippen molar-refractivity contribution in [3.8, 4) is 11.3 Å². The molecule has 0 aromatic carbocycles. The first-order valence-corrected chi connectivity index (χ1v) is 6.67. The minimum atomic E-state index is 0.508. The molecule has 0 radical (unpaired) electrons. The molecule has 1 aliphatic heterocycles. The van der Waals surface area contributed by atoms with Crippen molar-refractivity contribution in [2.75, 3.05) is 25.9 Å². The summed E-state index contributed by atoms with van der Waals surface area (Å²) in [7, 11) is 2.17. The second kappa shape index (κ2) is 5.01. The molecular formula is C14H19N5. The number of aromatic nitrogens is 3. The van der Waals surface area contributed by atoms with E-state index in [0.717, 1.165) is 37.2 Å². The van der Waals surface area contributed by atoms with Gasteiger partial charge in [-0.2, -0.15) is 0 Å². The SMILES string of the molecule is CN1CCC(n2cncc2-c2cccnc2N)CC1. The summed E-state index contributed by atoms with van der Waals surface area (Å²) in [6, 6.07) is 4.43. The third kappa shape index (κ3) is 2.33. The smallest absolute Gasteiger partial charge is 0.132 e. The molecule has 0 bridgehead atoms. The molecule has 0 aliphatic carbocycles. The molecule has 3 rings (SSSR count). The Labute approximate surface area is 113 Å². The average molecular weight is 257 g/mol. The highest BCUT2D eigenvalue weighted by Crippen LogP contribution is 2.30. The standard InChI is InChI=1S/C14H19N5/c1-18-7-4-11(5-8-18)19-10-16-9-13(19)12-3-2-6-17-14(12)15/h2-3,6,9-11H,4-5,7-8H2,1H3,(H2,15,17). The van der Waals surface area contributed by atoms with Gasteiger partial charge in [0.05, 0.1) is 18.2 Å². The summed E-state index contributed by atoms with van der Waals surface area (Å²) in [4.78, 5) is 10.8. The van der Waals surface area contributed by atoms with Gasteiger partial charge in [0.2, 0.25) is 0 Å². The van der Waals surface area contributed by atoms with Crippen LogP contribution >= 0.6 is 0 Å². The zero-order chi connectivity index (χ0) is 13.2. The lowest BCUT2D eigenvalue weighted by Gasteiger charge is -2.30. The topological polar surface area (TPSA) is 60.0 Å². The Bertz CT molecular complexity index is 554. The summed E-state index contributed by atoms with van der Waals surface area (Å²) in [5, 5.41) is 0. The second-order valence-electron chi connectivity index (χ2n) is 5.16. The van der Waals surface area contributed by atoms with Crippen LogP contribution in [0.15, 0.2) is 30.9 Å². The molecule has 0 saturated carbocycles. The number of pyridine rings is 1. The molecule has 0 amide bonds. The fraction of sp³-hybridized carbons (Fsp3) is 0.429. The number of hydrogen-bond acceptors (Lipinski definition) is 4. The van der Waals surface area contributed by atoms with E-state index in [1.807, 2.05) is 24.7 Å². The summed E-state index contributed by atoms with van der Waals surface area (Å²) in [5.74, 6) is 0.567. The van der Waals surface area contributed by atoms with Crippen LogP contribution in [-0.2, 0) is 0 Å². The monoisotopic (exact) mass is 257 g/mol. The number of hydrogen-bond donors (Lipinski definition) is 1. The molecule has 2 aromatic heterocycles. The van der Waals surface area contributed by atoms with Crippen LogP contribution in [0.4, 0.5) is 5.82 Å². The van der Waals surface area contributed by atoms with E-state index in [-0.39, 0.29) is 0 Å². The van der Waals surface area contributed by atoms with Crippen LogP contribution < -0.4 is 5.73 Å². The fourth-order valence-corrected chi connectivity index (χ4v) is 2.71. The van der Waals surface area contributed by atoms with Gasteiger partial charge in [-0.3, -0.25) is 0 Å². The summed E-state index contributed by atoms with van der Waals surface area (Å²) < 4.78 is 2.25. The van der Waals surface area contributed by atoms with Crippen molar-refractivity contribution in [1.29, 1.82) is 0 Å². The predicted octanol–water partition coefficient (Wildman–Crippen LogP) is 1.79. The minimum Gasteiger partial charge on any atom is -0.383 e. The van der Waals surface area contributed by atoms with Crippen molar-refractivity contribution in [3.05, 3.63) is 30.9 Å². The lowest BCUT2D eigenvalue weighted by Crippen LogP contribution is -2.31. The number of nitrogens with two attached hydrogens (primary N) is 1. The number of imidazole rings is 1. The Hall–Kier alpha value is -1.88. The first kappa shape index (κ1) is 12.2. The molecule has 0 spiro atoms. The summed E-state index contributed by atoms with van der Waals surface area (Å²) in [5.41, 5.74) is 8.01. The molecule has 19 heavy (non-hydrogen) atoms. The van der Waals surface area contributed by atoms with Crippen LogP contribution in [0.5, 0.6) is 0 Å². The Morgan fingerprint density at radius 2 is 2.11 bits per heavy atom. The maximum absolute atomic E-state index is 5.97. The third-order valence-electron chi connectivity index (χ3n) is 3.86. The van der Waals surface area contributed by atoms with Gasteiger partial charge in [-0.25, -0.2) is 9.97 Å². The Morgan fingerprint density at radius 1 is 1.32 bits per heavy atom. The van der Waals surface area contributed by atoms with Gasteiger partial charge in [0.25, 0.3) is 0 Å². The highest BCUT2D eigenvalue weighted by atomic mass is 15.1. The van der Waals surface area contributed by atoms with Gasteiger partial charge in [-0.15, -0.1) is 0 Å². The Kier molecular flexibility index (Phi) is 3.21. The highest BCUT2D eigenvalue weighted by Gasteiger charge is 2.21. The van der Waals surface area contributed by atoms with Crippen molar-refractivity contribution in [3.63, 3.8) is 0 Å². The number of anilines is 1. The van der Waals surface area contributed by atoms with Crippen molar-refractivity contribution < 1.29 is 0 Å². The Morgan fingerprint density at radius 3 is 2.84 bits per heavy atom. The molecule has 5 heteroatoms. The van der Waals surface area contributed by atoms with Gasteiger partial charge in [-0.1, -0.05) is 0 Å². The van der Waals surface area contributed by atoms with Gasteiger partial charge in [-0.05, 0) is 45.1 Å². The molecule has 100 valence electrons. The summed E-state index contributed by atoms with van der Waals surface area (Å²) in [6.45, 7) is 2.26. The second-order valence-corrected chi connectivity index (χ2v) is 5.16. The maximum Gasteiger partial charge on any atom is 0.132 e. The number of piperidine rings is 1. The number of nitrogens with zero attached hydrogens (tertiary/aromatic N) is 4. The Balaban J connectivity index is 1.93. The van der Waals surface area contributed by atoms with Crippen LogP contribution in [0, 0.1) is 0 Å². The summed E-state index contributed by atoms with van der Waals surface area (Å²) in [6.07, 6.45) is 7.82. The first-order chi connectivity index (χ1) is 9.25. The van der Waals surface area contributed by atoms with Crippen molar-refractivity contribution in [2.45, 2.75) is 18.9 Å². The molecular weight excluding hydrogens is 238 g/mol. The molecule has 1 aliphatic rings. The lowest BCUT2D eigenvalue weighted by atomic mass is 10.0. The van der Waals surface area contributed by atoms with Gasteiger partial charge in [0, 0.05) is 17.8 Å². The minimum absolute atomic E-state index is 0.508. The molecule has 5 nitrogen and oxygen atoms in total. The van der Waals surface area contributed by atoms with Crippen molar-refractivity contribution in [1.82, 2.24) is 19.4 Å². The predicted molar refractivity (Wildman–Crippen MR) is 75.6 cm³/mol. The van der Waals surface area contributed by atoms with Crippen molar-refractivity contribution >= 4 is 5.82 Å². The molecule has 1 saturated heterocycles. The highest BCUT2D eigenvalue weighted by molar-refractivity contribution is 5.70. The van der Waals surface area contributed by atoms with E-state index in [2.05, 4.69) is 26.5 Å². The summed E-state index contributed by atoms with van der Waals surface area (Å²) >= 11 is 0. The number of nitrogen functional groups attached to an aromatic ring is 1. The molecule has 3 heterocycles. The molecule has 2 aromatic rings. The zero-order valence-corrected chi connectivity index (χ0v) is 11.2. The van der Waals surface area contributed by atoms with Gasteiger partial charge in [0.1, 0.15) is 5.82 Å². The van der Waals surface area contributed by atoms with E-state index in [1.165, 1.54) is 0 Å². The van der Waals surface area contributed by atoms with Crippen LogP contribution in [0.2, 0.25) is 0 Å². The van der Waals surface area contributed by atoms with E-state index in [0.29, 0.717) is 11.9 Å². The van der Waals surface area contributed by atoms with Crippen LogP contribution in [0.3, 0.4) is 0 Å². The largest absolute Gasteiger partial charge is 0.383 e. The van der Waals surface area contributed by atoms with Crippen LogP contribution in [-0.4, -0.2) is 39.6 Å². The molecule has 0 atom stereocenters. The average Bonchev–Trinajstić information content (AvgIpc) is 2.89. The van der Waals surface area contributed by atoms with E-state index < -0.39 is 0 Å². The maximum atomic E-state index is 5.97. The first-order valence-electron chi connectivity index (χ1n) is 6.67. The molecule has 0 unspecified atom stereocenters. The van der Waals surface area contributed by atoms with Crippen LogP contribution in [0.25, 0.3) is 11.3 Å². The third-order valence-corrected chi connectivity index (χ3v) is 3.86. The van der Waals surface area contributed by atoms with Gasteiger partial charge in [0.15, 0.2) is 0 Å². The lowest BCUT2D eigenvalue weighted by molar-refractivity contribution is 0.222. The van der Waals surface area contributed by atoms with Gasteiger partial charge < -0.3 is 15.2 Å². The normalized spacial score (nSPS) is 17.7. The van der Waals surface area contributed by atoms with E-state index in [9.17, 15) is 0 Å². The van der Waals surface area contributed by atoms with Crippen molar-refractivity contribution in [2.24, 2.45) is 0 Å². The zero-order valence-electron chi connectivity index (χ0n) is 11.2. The van der Waals surface area contributed by atoms with E-state index in [4.69, 9.17) is 5.73 Å².